The van der Waals surface area contributed by atoms with E-state index < -0.39 is 0 Å². The Bertz CT molecular complexity index is 726. The summed E-state index contributed by atoms with van der Waals surface area (Å²) < 4.78 is 0. The number of carbonyl (C=O) groups is 1. The first-order valence-corrected chi connectivity index (χ1v) is 6.63. The van der Waals surface area contributed by atoms with Crippen molar-refractivity contribution in [3.63, 3.8) is 0 Å². The highest BCUT2D eigenvalue weighted by Crippen LogP contribution is 2.15. The first kappa shape index (κ1) is 14.8. The van der Waals surface area contributed by atoms with Gasteiger partial charge < -0.3 is 11.1 Å². The van der Waals surface area contributed by atoms with Gasteiger partial charge in [0.25, 0.3) is 5.91 Å². The molecule has 21 heavy (non-hydrogen) atoms. The molecule has 0 aliphatic rings. The smallest absolute Gasteiger partial charge is 0.257 e. The first-order valence-electron chi connectivity index (χ1n) is 6.63. The summed E-state index contributed by atoms with van der Waals surface area (Å²) >= 11 is 0. The van der Waals surface area contributed by atoms with Crippen LogP contribution < -0.4 is 11.1 Å². The van der Waals surface area contributed by atoms with Gasteiger partial charge in [-0.1, -0.05) is 17.9 Å². The third-order valence-corrected chi connectivity index (χ3v) is 3.10. The summed E-state index contributed by atoms with van der Waals surface area (Å²) in [6, 6.07) is 7.50. The van der Waals surface area contributed by atoms with E-state index in [2.05, 4.69) is 22.1 Å². The van der Waals surface area contributed by atoms with Crippen LogP contribution in [-0.4, -0.2) is 17.4 Å². The molecule has 106 valence electrons. The Kier molecular flexibility index (Phi) is 4.70. The summed E-state index contributed by atoms with van der Waals surface area (Å²) in [7, 11) is 0. The highest BCUT2D eigenvalue weighted by molar-refractivity contribution is 6.04. The summed E-state index contributed by atoms with van der Waals surface area (Å²) in [4.78, 5) is 16.2. The van der Waals surface area contributed by atoms with Crippen molar-refractivity contribution in [2.75, 3.05) is 11.9 Å². The van der Waals surface area contributed by atoms with Crippen LogP contribution in [0.1, 0.15) is 27.0 Å². The van der Waals surface area contributed by atoms with Crippen LogP contribution in [0, 0.1) is 25.7 Å². The topological polar surface area (TPSA) is 68.0 Å². The van der Waals surface area contributed by atoms with Crippen molar-refractivity contribution in [2.24, 2.45) is 5.73 Å². The molecular formula is C17H17N3O. The molecule has 0 aliphatic heterocycles. The van der Waals surface area contributed by atoms with Gasteiger partial charge in [-0.15, -0.1) is 0 Å². The lowest BCUT2D eigenvalue weighted by Gasteiger charge is -2.07. The van der Waals surface area contributed by atoms with Gasteiger partial charge in [-0.05, 0) is 43.2 Å². The maximum Gasteiger partial charge on any atom is 0.257 e. The molecule has 3 N–H and O–H groups in total. The van der Waals surface area contributed by atoms with Crippen molar-refractivity contribution >= 4 is 11.6 Å². The molecule has 2 rings (SSSR count). The van der Waals surface area contributed by atoms with Gasteiger partial charge in [0.1, 0.15) is 0 Å². The van der Waals surface area contributed by atoms with E-state index in [9.17, 15) is 4.79 Å². The van der Waals surface area contributed by atoms with Gasteiger partial charge in [0.05, 0.1) is 12.1 Å². The molecule has 1 amide bonds. The molecule has 1 heterocycles. The summed E-state index contributed by atoms with van der Waals surface area (Å²) in [5.74, 6) is 5.40. The van der Waals surface area contributed by atoms with Crippen LogP contribution in [0.5, 0.6) is 0 Å². The molecule has 0 radical (unpaired) electrons. The van der Waals surface area contributed by atoms with Crippen molar-refractivity contribution in [1.82, 2.24) is 4.98 Å². The number of carbonyl (C=O) groups excluding carboxylic acids is 1. The molecule has 0 unspecified atom stereocenters. The minimum Gasteiger partial charge on any atom is -0.322 e. The normalized spacial score (nSPS) is 9.67. The van der Waals surface area contributed by atoms with Gasteiger partial charge in [0.15, 0.2) is 0 Å². The van der Waals surface area contributed by atoms with Gasteiger partial charge in [-0.2, -0.15) is 0 Å². The van der Waals surface area contributed by atoms with Gasteiger partial charge in [0, 0.05) is 23.6 Å². The summed E-state index contributed by atoms with van der Waals surface area (Å²) in [5.41, 5.74) is 9.56. The number of amides is 1. The van der Waals surface area contributed by atoms with Crippen LogP contribution in [-0.2, 0) is 0 Å². The van der Waals surface area contributed by atoms with E-state index in [0.717, 1.165) is 11.3 Å². The van der Waals surface area contributed by atoms with Crippen LogP contribution in [0.2, 0.25) is 0 Å². The van der Waals surface area contributed by atoms with E-state index in [4.69, 9.17) is 5.73 Å². The Hall–Kier alpha value is -2.64. The molecule has 2 aromatic rings. The molecule has 0 saturated heterocycles. The van der Waals surface area contributed by atoms with E-state index in [1.807, 2.05) is 32.0 Å². The summed E-state index contributed by atoms with van der Waals surface area (Å²) in [6.45, 7) is 4.32. The molecule has 0 atom stereocenters. The highest BCUT2D eigenvalue weighted by Gasteiger charge is 2.07. The fourth-order valence-corrected chi connectivity index (χ4v) is 1.81. The first-order chi connectivity index (χ1) is 10.1. The van der Waals surface area contributed by atoms with E-state index in [0.29, 0.717) is 11.1 Å². The zero-order valence-corrected chi connectivity index (χ0v) is 12.1. The van der Waals surface area contributed by atoms with Crippen molar-refractivity contribution in [3.8, 4) is 11.8 Å². The van der Waals surface area contributed by atoms with Gasteiger partial charge >= 0.3 is 0 Å². The third-order valence-electron chi connectivity index (χ3n) is 3.10. The zero-order valence-electron chi connectivity index (χ0n) is 12.1. The Labute approximate surface area is 124 Å². The molecule has 0 fully saturated rings. The van der Waals surface area contributed by atoms with E-state index in [1.165, 1.54) is 11.8 Å². The van der Waals surface area contributed by atoms with Crippen LogP contribution in [0.25, 0.3) is 0 Å². The monoisotopic (exact) mass is 279 g/mol. The fraction of sp³-hybridized carbons (Fsp3) is 0.176. The number of nitrogens with two attached hydrogens (primary N) is 1. The molecule has 4 heteroatoms. The lowest BCUT2D eigenvalue weighted by atomic mass is 10.1. The van der Waals surface area contributed by atoms with Crippen LogP contribution >= 0.6 is 0 Å². The molecule has 0 spiro atoms. The zero-order chi connectivity index (χ0) is 15.2. The lowest BCUT2D eigenvalue weighted by Crippen LogP contribution is -2.12. The maximum atomic E-state index is 12.2. The number of aryl methyl sites for hydroxylation is 2. The summed E-state index contributed by atoms with van der Waals surface area (Å²) in [6.07, 6.45) is 3.12. The van der Waals surface area contributed by atoms with Crippen LogP contribution in [0.3, 0.4) is 0 Å². The number of aromatic nitrogens is 1. The second-order valence-electron chi connectivity index (χ2n) is 4.72. The quantitative estimate of drug-likeness (QED) is 0.829. The van der Waals surface area contributed by atoms with Gasteiger partial charge in [-0.25, -0.2) is 0 Å². The Morgan fingerprint density at radius 1 is 1.24 bits per heavy atom. The number of anilines is 1. The lowest BCUT2D eigenvalue weighted by molar-refractivity contribution is 0.102. The fourth-order valence-electron chi connectivity index (χ4n) is 1.81. The number of benzene rings is 1. The molecule has 0 bridgehead atoms. The number of hydrogen-bond donors (Lipinski definition) is 2. The van der Waals surface area contributed by atoms with Crippen LogP contribution in [0.15, 0.2) is 36.7 Å². The second kappa shape index (κ2) is 6.69. The maximum absolute atomic E-state index is 12.2. The van der Waals surface area contributed by atoms with Crippen molar-refractivity contribution in [3.05, 3.63) is 58.9 Å². The number of nitrogens with zero attached hydrogens (tertiary/aromatic N) is 1. The largest absolute Gasteiger partial charge is 0.322 e. The standard InChI is InChI=1S/C17H17N3O/c1-12-5-6-16(8-13(12)2)20-17(21)15-9-14(4-3-7-18)10-19-11-15/h5-6,8-11H,7,18H2,1-2H3,(H,20,21). The molecule has 0 aliphatic carbocycles. The Balaban J connectivity index is 2.18. The molecule has 4 nitrogen and oxygen atoms in total. The minimum absolute atomic E-state index is 0.206. The number of rotatable bonds is 2. The number of nitrogens with one attached hydrogen (secondary N) is 1. The Morgan fingerprint density at radius 3 is 2.76 bits per heavy atom. The van der Waals surface area contributed by atoms with Crippen LogP contribution in [0.4, 0.5) is 5.69 Å². The third kappa shape index (κ3) is 3.91. The minimum atomic E-state index is -0.206. The molecular weight excluding hydrogens is 262 g/mol. The number of pyridine rings is 1. The number of hydrogen-bond acceptors (Lipinski definition) is 3. The predicted octanol–water partition coefficient (Wildman–Crippen LogP) is 2.26. The van der Waals surface area contributed by atoms with E-state index in [1.54, 1.807) is 12.3 Å². The van der Waals surface area contributed by atoms with Gasteiger partial charge in [-0.3, -0.25) is 9.78 Å². The SMILES string of the molecule is Cc1ccc(NC(=O)c2cncc(C#CCN)c2)cc1C. The van der Waals surface area contributed by atoms with E-state index >= 15 is 0 Å². The van der Waals surface area contributed by atoms with Crippen molar-refractivity contribution in [2.45, 2.75) is 13.8 Å². The average Bonchev–Trinajstić information content (AvgIpc) is 2.49. The Morgan fingerprint density at radius 2 is 2.05 bits per heavy atom. The molecule has 1 aromatic carbocycles. The highest BCUT2D eigenvalue weighted by atomic mass is 16.1. The molecule has 0 saturated carbocycles. The van der Waals surface area contributed by atoms with Crippen molar-refractivity contribution in [1.29, 1.82) is 0 Å². The average molecular weight is 279 g/mol. The predicted molar refractivity (Wildman–Crippen MR) is 84.0 cm³/mol. The summed E-state index contributed by atoms with van der Waals surface area (Å²) in [5, 5.41) is 2.86. The van der Waals surface area contributed by atoms with Gasteiger partial charge in [0.2, 0.25) is 0 Å². The second-order valence-corrected chi connectivity index (χ2v) is 4.72. The van der Waals surface area contributed by atoms with Crippen molar-refractivity contribution < 1.29 is 4.79 Å². The van der Waals surface area contributed by atoms with E-state index in [-0.39, 0.29) is 12.5 Å². The molecule has 1 aromatic heterocycles.